The van der Waals surface area contributed by atoms with Crippen molar-refractivity contribution in [2.45, 2.75) is 57.3 Å². The molecular weight excluding hydrogens is 500 g/mol. The average Bonchev–Trinajstić information content (AvgIpc) is 3.39. The number of aromatic nitrogens is 3. The van der Waals surface area contributed by atoms with Crippen LogP contribution >= 0.6 is 23.4 Å². The number of ether oxygens (including phenoxy) is 2. The molecule has 5 rings (SSSR count). The molecule has 3 heterocycles. The van der Waals surface area contributed by atoms with E-state index < -0.39 is 5.79 Å². The van der Waals surface area contributed by atoms with E-state index in [1.54, 1.807) is 6.07 Å². The van der Waals surface area contributed by atoms with Gasteiger partial charge >= 0.3 is 0 Å². The Kier molecular flexibility index (Phi) is 6.32. The van der Waals surface area contributed by atoms with E-state index in [0.717, 1.165) is 35.5 Å². The largest absolute Gasteiger partial charge is 0.448 e. The van der Waals surface area contributed by atoms with Gasteiger partial charge < -0.3 is 19.8 Å². The third-order valence-corrected chi connectivity index (χ3v) is 8.18. The monoisotopic (exact) mass is 528 g/mol. The van der Waals surface area contributed by atoms with Crippen LogP contribution < -0.4 is 20.3 Å². The van der Waals surface area contributed by atoms with E-state index in [0.29, 0.717) is 33.2 Å². The van der Waals surface area contributed by atoms with Gasteiger partial charge in [-0.15, -0.1) is 11.8 Å². The van der Waals surface area contributed by atoms with Crippen LogP contribution in [0.5, 0.6) is 11.5 Å². The molecule has 8 nitrogen and oxygen atoms in total. The molecule has 2 aliphatic rings. The van der Waals surface area contributed by atoms with Crippen molar-refractivity contribution in [1.29, 1.82) is 0 Å². The van der Waals surface area contributed by atoms with Crippen LogP contribution in [-0.2, 0) is 26.4 Å². The normalized spacial score (nSPS) is 20.3. The summed E-state index contributed by atoms with van der Waals surface area (Å²) in [6.45, 7) is 5.69. The number of H-pyrrole nitrogens is 1. The highest BCUT2D eigenvalue weighted by atomic mass is 35.5. The number of thioether (sulfide) groups is 1. The predicted octanol–water partition coefficient (Wildman–Crippen LogP) is 4.32. The number of amides is 1. The number of fused-ring (bicyclic) bond motifs is 2. The number of nitrogens with one attached hydrogen (secondary N) is 2. The fraction of sp³-hybridized carbons (Fsp3) is 0.423. The Labute approximate surface area is 218 Å². The van der Waals surface area contributed by atoms with Gasteiger partial charge in [-0.1, -0.05) is 11.6 Å². The summed E-state index contributed by atoms with van der Waals surface area (Å²) in [6, 6.07) is 3.51. The molecule has 3 aromatic rings. The zero-order valence-corrected chi connectivity index (χ0v) is 22.5. The molecule has 2 aromatic heterocycles. The van der Waals surface area contributed by atoms with Crippen LogP contribution in [0, 0.1) is 19.8 Å². The first kappa shape index (κ1) is 24.8. The number of rotatable bonds is 5. The van der Waals surface area contributed by atoms with Gasteiger partial charge in [-0.2, -0.15) is 5.10 Å². The number of pyridine rings is 1. The number of carbonyl (C=O) groups excluding carboxylic acids is 1. The second-order valence-electron chi connectivity index (χ2n) is 9.63. The second-order valence-corrected chi connectivity index (χ2v) is 10.9. The topological polar surface area (TPSA) is 98.2 Å². The first-order valence-electron chi connectivity index (χ1n) is 11.9. The van der Waals surface area contributed by atoms with Crippen LogP contribution in [0.4, 0.5) is 0 Å². The summed E-state index contributed by atoms with van der Waals surface area (Å²) in [5.41, 5.74) is 4.45. The summed E-state index contributed by atoms with van der Waals surface area (Å²) in [6.07, 6.45) is 6.48. The zero-order valence-electron chi connectivity index (χ0n) is 21.0. The molecule has 1 aromatic carbocycles. The van der Waals surface area contributed by atoms with Gasteiger partial charge in [0.15, 0.2) is 11.5 Å². The van der Waals surface area contributed by atoms with Crippen molar-refractivity contribution in [1.82, 2.24) is 20.1 Å². The van der Waals surface area contributed by atoms with Gasteiger partial charge in [0.2, 0.25) is 0 Å². The van der Waals surface area contributed by atoms with Gasteiger partial charge in [-0.05, 0) is 57.1 Å². The molecular formula is C26H29ClN4O4S. The molecule has 190 valence electrons. The van der Waals surface area contributed by atoms with E-state index in [-0.39, 0.29) is 23.9 Å². The lowest BCUT2D eigenvalue weighted by atomic mass is 9.82. The van der Waals surface area contributed by atoms with E-state index in [1.807, 2.05) is 44.8 Å². The quantitative estimate of drug-likeness (QED) is 0.478. The summed E-state index contributed by atoms with van der Waals surface area (Å²) in [5, 5.41) is 7.73. The fourth-order valence-electron chi connectivity index (χ4n) is 5.14. The number of nitrogens with zero attached hydrogens (tertiary/aromatic N) is 2. The van der Waals surface area contributed by atoms with E-state index in [9.17, 15) is 9.59 Å². The highest BCUT2D eigenvalue weighted by molar-refractivity contribution is 7.98. The molecule has 1 aliphatic heterocycles. The highest BCUT2D eigenvalue weighted by Gasteiger charge is 2.47. The molecule has 2 N–H and O–H groups in total. The number of halogens is 1. The number of aromatic amines is 1. The molecule has 0 radical (unpaired) electrons. The molecule has 0 saturated heterocycles. The van der Waals surface area contributed by atoms with E-state index in [1.165, 1.54) is 17.3 Å². The number of aryl methyl sites for hydroxylation is 3. The van der Waals surface area contributed by atoms with Crippen LogP contribution in [0.25, 0.3) is 0 Å². The van der Waals surface area contributed by atoms with Crippen molar-refractivity contribution >= 4 is 29.3 Å². The van der Waals surface area contributed by atoms with Crippen LogP contribution in [0.15, 0.2) is 28.0 Å². The third kappa shape index (κ3) is 4.28. The summed E-state index contributed by atoms with van der Waals surface area (Å²) < 4.78 is 14.6. The molecule has 2 atom stereocenters. The number of carbonyl (C=O) groups is 1. The van der Waals surface area contributed by atoms with Gasteiger partial charge in [0.25, 0.3) is 17.3 Å². The maximum Gasteiger partial charge on any atom is 0.254 e. The molecule has 1 amide bonds. The van der Waals surface area contributed by atoms with E-state index in [4.69, 9.17) is 21.1 Å². The first-order valence-corrected chi connectivity index (χ1v) is 13.5. The summed E-state index contributed by atoms with van der Waals surface area (Å²) in [5.74, 6) is -0.177. The van der Waals surface area contributed by atoms with Crippen molar-refractivity contribution < 1.29 is 14.3 Å². The summed E-state index contributed by atoms with van der Waals surface area (Å²) >= 11 is 8.06. The minimum Gasteiger partial charge on any atom is -0.448 e. The van der Waals surface area contributed by atoms with Crippen LogP contribution in [-0.4, -0.2) is 32.7 Å². The van der Waals surface area contributed by atoms with Gasteiger partial charge in [0.1, 0.15) is 0 Å². The van der Waals surface area contributed by atoms with Crippen molar-refractivity contribution in [3.05, 3.63) is 67.3 Å². The maximum absolute atomic E-state index is 13.2. The van der Waals surface area contributed by atoms with Gasteiger partial charge in [0, 0.05) is 59.9 Å². The lowest BCUT2D eigenvalue weighted by Gasteiger charge is -2.34. The molecule has 0 saturated carbocycles. The lowest BCUT2D eigenvalue weighted by molar-refractivity contribution is -0.114. The van der Waals surface area contributed by atoms with Gasteiger partial charge in [-0.25, -0.2) is 0 Å². The molecule has 0 bridgehead atoms. The first-order chi connectivity index (χ1) is 17.1. The Morgan fingerprint density at radius 1 is 1.33 bits per heavy atom. The van der Waals surface area contributed by atoms with Crippen molar-refractivity contribution in [2.75, 3.05) is 6.26 Å². The van der Waals surface area contributed by atoms with Crippen molar-refractivity contribution in [3.8, 4) is 11.5 Å². The van der Waals surface area contributed by atoms with Gasteiger partial charge in [-0.3, -0.25) is 14.3 Å². The highest BCUT2D eigenvalue weighted by Crippen LogP contribution is 2.51. The van der Waals surface area contributed by atoms with E-state index in [2.05, 4.69) is 21.6 Å². The van der Waals surface area contributed by atoms with Gasteiger partial charge in [0.05, 0.1) is 10.7 Å². The van der Waals surface area contributed by atoms with Crippen molar-refractivity contribution in [2.24, 2.45) is 13.0 Å². The van der Waals surface area contributed by atoms with Crippen molar-refractivity contribution in [3.63, 3.8) is 0 Å². The van der Waals surface area contributed by atoms with Crippen LogP contribution in [0.1, 0.15) is 51.8 Å². The maximum atomic E-state index is 13.2. The Hall–Kier alpha value is -2.91. The SMILES string of the molecule is CSc1cc(C)[nH]c(=O)c1CNC(=O)c1cc(Cl)c2c(c1C)OC(C)(C1CCc3nn(C)cc3C1)O2. The summed E-state index contributed by atoms with van der Waals surface area (Å²) in [7, 11) is 1.93. The number of hydrogen-bond donors (Lipinski definition) is 2. The Morgan fingerprint density at radius 2 is 2.08 bits per heavy atom. The van der Waals surface area contributed by atoms with Crippen LogP contribution in [0.2, 0.25) is 5.02 Å². The van der Waals surface area contributed by atoms with Crippen LogP contribution in [0.3, 0.4) is 0 Å². The molecule has 0 spiro atoms. The lowest BCUT2D eigenvalue weighted by Crippen LogP contribution is -2.45. The zero-order chi connectivity index (χ0) is 25.8. The fourth-order valence-corrected chi connectivity index (χ4v) is 6.08. The molecule has 0 fully saturated rings. The predicted molar refractivity (Wildman–Crippen MR) is 139 cm³/mol. The minimum absolute atomic E-state index is 0.101. The Balaban J connectivity index is 1.37. The molecule has 1 aliphatic carbocycles. The van der Waals surface area contributed by atoms with E-state index >= 15 is 0 Å². The second kappa shape index (κ2) is 9.19. The number of benzene rings is 1. The smallest absolute Gasteiger partial charge is 0.254 e. The number of hydrogen-bond acceptors (Lipinski definition) is 6. The molecule has 10 heteroatoms. The Morgan fingerprint density at radius 3 is 2.83 bits per heavy atom. The average molecular weight is 529 g/mol. The Bertz CT molecular complexity index is 1430. The minimum atomic E-state index is -0.901. The molecule has 2 unspecified atom stereocenters. The molecule has 36 heavy (non-hydrogen) atoms. The summed E-state index contributed by atoms with van der Waals surface area (Å²) in [4.78, 5) is 29.3. The third-order valence-electron chi connectivity index (χ3n) is 7.10. The standard InChI is InChI=1S/C26H29ClN4O4S/c1-13-8-21(36-5)18(25(33)29-13)11-28-24(32)17-10-19(27)23-22(14(17)2)34-26(3,35-23)16-6-7-20-15(9-16)12-31(4)30-20/h8,10,12,16H,6-7,9,11H2,1-5H3,(H,28,32)(H,29,33).